The van der Waals surface area contributed by atoms with Crippen molar-refractivity contribution in [1.82, 2.24) is 9.55 Å². The van der Waals surface area contributed by atoms with Gasteiger partial charge in [0, 0.05) is 36.2 Å². The molecule has 9 heteroatoms. The highest BCUT2D eigenvalue weighted by Gasteiger charge is 2.16. The number of anilines is 1. The summed E-state index contributed by atoms with van der Waals surface area (Å²) in [5.74, 6) is 1.34. The number of aryl methyl sites for hydroxylation is 1. The second-order valence-corrected chi connectivity index (χ2v) is 12.0. The summed E-state index contributed by atoms with van der Waals surface area (Å²) in [4.78, 5) is 29.7. The SMILES string of the molecule is CCCCCC(=O)Nc1ccc(Oc2ccc(-c3ccc(Cc4nc(-c5ccc(Cl)cc5Cl)cn4CC)cc3)cc2)cc1C(=O)OC. The molecule has 0 atom stereocenters. The molecular weight excluding hydrogens is 633 g/mol. The van der Waals surface area contributed by atoms with Gasteiger partial charge in [0.25, 0.3) is 0 Å². The van der Waals surface area contributed by atoms with E-state index in [1.165, 1.54) is 7.11 Å². The van der Waals surface area contributed by atoms with E-state index < -0.39 is 5.97 Å². The Balaban J connectivity index is 1.25. The number of carbonyl (C=O) groups is 2. The standard InChI is InChI=1S/C38H37Cl2N3O4/c1-4-6-7-8-37(44)42-34-20-18-30(23-32(34)38(45)46-3)47-29-16-13-27(14-17-29)26-11-9-25(10-12-26)21-36-41-35(24-43(36)5-2)31-19-15-28(39)22-33(31)40/h9-20,22-24H,4-8,21H2,1-3H3,(H,42,44). The quantitative estimate of drug-likeness (QED) is 0.0996. The molecule has 5 rings (SSSR count). The molecule has 0 fully saturated rings. The molecule has 1 aromatic heterocycles. The molecule has 4 aromatic carbocycles. The number of nitrogens with zero attached hydrogens (tertiary/aromatic N) is 2. The van der Waals surface area contributed by atoms with Crippen molar-refractivity contribution in [1.29, 1.82) is 0 Å². The van der Waals surface area contributed by atoms with Crippen LogP contribution in [0.1, 0.15) is 61.3 Å². The third-order valence-electron chi connectivity index (χ3n) is 7.82. The minimum absolute atomic E-state index is 0.137. The number of ether oxygens (including phenoxy) is 2. The first kappa shape index (κ1) is 33.8. The predicted molar refractivity (Wildman–Crippen MR) is 189 cm³/mol. The van der Waals surface area contributed by atoms with Crippen LogP contribution >= 0.6 is 23.2 Å². The Hall–Kier alpha value is -4.59. The van der Waals surface area contributed by atoms with E-state index in [1.807, 2.05) is 42.6 Å². The summed E-state index contributed by atoms with van der Waals surface area (Å²) in [6.07, 6.45) is 5.90. The molecule has 0 saturated heterocycles. The summed E-state index contributed by atoms with van der Waals surface area (Å²) in [7, 11) is 1.31. The first-order valence-corrected chi connectivity index (χ1v) is 16.4. The lowest BCUT2D eigenvalue weighted by Crippen LogP contribution is -2.15. The first-order valence-electron chi connectivity index (χ1n) is 15.7. The summed E-state index contributed by atoms with van der Waals surface area (Å²) in [6, 6.07) is 26.6. The molecule has 0 spiro atoms. The number of benzene rings is 4. The first-order chi connectivity index (χ1) is 22.8. The number of halogens is 2. The zero-order valence-electron chi connectivity index (χ0n) is 26.7. The van der Waals surface area contributed by atoms with Crippen molar-refractivity contribution in [3.63, 3.8) is 0 Å². The number of carbonyl (C=O) groups excluding carboxylic acids is 2. The monoisotopic (exact) mass is 669 g/mol. The van der Waals surface area contributed by atoms with Crippen LogP contribution < -0.4 is 10.1 Å². The van der Waals surface area contributed by atoms with Crippen LogP contribution in [0, 0.1) is 0 Å². The van der Waals surface area contributed by atoms with E-state index in [0.717, 1.165) is 59.6 Å². The summed E-state index contributed by atoms with van der Waals surface area (Å²) in [6.45, 7) is 4.97. The Morgan fingerprint density at radius 1 is 0.851 bits per heavy atom. The summed E-state index contributed by atoms with van der Waals surface area (Å²) in [5, 5.41) is 4.00. The highest BCUT2D eigenvalue weighted by molar-refractivity contribution is 6.36. The lowest BCUT2D eigenvalue weighted by molar-refractivity contribution is -0.116. The van der Waals surface area contributed by atoms with Gasteiger partial charge in [0.15, 0.2) is 0 Å². The maximum Gasteiger partial charge on any atom is 0.340 e. The average molecular weight is 671 g/mol. The summed E-state index contributed by atoms with van der Waals surface area (Å²) >= 11 is 12.5. The molecule has 0 aliphatic carbocycles. The van der Waals surface area contributed by atoms with Gasteiger partial charge in [-0.15, -0.1) is 0 Å². The van der Waals surface area contributed by atoms with Crippen LogP contribution in [-0.4, -0.2) is 28.5 Å². The number of rotatable bonds is 13. The molecule has 0 radical (unpaired) electrons. The summed E-state index contributed by atoms with van der Waals surface area (Å²) < 4.78 is 13.1. The van der Waals surface area contributed by atoms with E-state index in [0.29, 0.717) is 40.1 Å². The van der Waals surface area contributed by atoms with Crippen molar-refractivity contribution < 1.29 is 19.1 Å². The number of esters is 1. The van der Waals surface area contributed by atoms with Gasteiger partial charge < -0.3 is 19.4 Å². The minimum Gasteiger partial charge on any atom is -0.465 e. The molecule has 0 unspecified atom stereocenters. The average Bonchev–Trinajstić information content (AvgIpc) is 3.48. The van der Waals surface area contributed by atoms with E-state index in [9.17, 15) is 9.59 Å². The number of hydrogen-bond donors (Lipinski definition) is 1. The maximum absolute atomic E-state index is 12.5. The normalized spacial score (nSPS) is 10.9. The Bertz CT molecular complexity index is 1850. The molecule has 0 bridgehead atoms. The van der Waals surface area contributed by atoms with E-state index >= 15 is 0 Å². The van der Waals surface area contributed by atoms with Crippen molar-refractivity contribution in [2.24, 2.45) is 0 Å². The van der Waals surface area contributed by atoms with Gasteiger partial charge in [-0.2, -0.15) is 0 Å². The molecule has 0 aliphatic heterocycles. The lowest BCUT2D eigenvalue weighted by atomic mass is 10.0. The highest BCUT2D eigenvalue weighted by Crippen LogP contribution is 2.32. The van der Waals surface area contributed by atoms with E-state index in [-0.39, 0.29) is 11.5 Å². The van der Waals surface area contributed by atoms with Crippen LogP contribution in [0.2, 0.25) is 10.0 Å². The third-order valence-corrected chi connectivity index (χ3v) is 8.37. The number of imidazole rings is 1. The Morgan fingerprint density at radius 3 is 2.21 bits per heavy atom. The Morgan fingerprint density at radius 2 is 1.55 bits per heavy atom. The van der Waals surface area contributed by atoms with E-state index in [4.69, 9.17) is 37.7 Å². The van der Waals surface area contributed by atoms with Crippen molar-refractivity contribution >= 4 is 40.8 Å². The topological polar surface area (TPSA) is 82.5 Å². The Labute approximate surface area is 285 Å². The number of amides is 1. The molecule has 1 amide bonds. The smallest absolute Gasteiger partial charge is 0.340 e. The number of hydrogen-bond acceptors (Lipinski definition) is 5. The summed E-state index contributed by atoms with van der Waals surface area (Å²) in [5.41, 5.74) is 5.56. The van der Waals surface area contributed by atoms with Crippen LogP contribution in [0.4, 0.5) is 5.69 Å². The molecule has 5 aromatic rings. The zero-order valence-corrected chi connectivity index (χ0v) is 28.2. The molecule has 242 valence electrons. The molecule has 1 N–H and O–H groups in total. The molecule has 0 saturated carbocycles. The third kappa shape index (κ3) is 8.61. The second kappa shape index (κ2) is 15.8. The van der Waals surface area contributed by atoms with Gasteiger partial charge in [0.1, 0.15) is 17.3 Å². The van der Waals surface area contributed by atoms with Gasteiger partial charge in [-0.25, -0.2) is 9.78 Å². The molecule has 1 heterocycles. The number of nitrogens with one attached hydrogen (secondary N) is 1. The van der Waals surface area contributed by atoms with Crippen LogP contribution in [-0.2, 0) is 22.5 Å². The van der Waals surface area contributed by atoms with Crippen LogP contribution in [0.5, 0.6) is 11.5 Å². The zero-order chi connectivity index (χ0) is 33.3. The fourth-order valence-corrected chi connectivity index (χ4v) is 5.77. The number of methoxy groups -OCH3 is 1. The van der Waals surface area contributed by atoms with Crippen molar-refractivity contribution in [2.75, 3.05) is 12.4 Å². The van der Waals surface area contributed by atoms with Crippen LogP contribution in [0.15, 0.2) is 91.1 Å². The molecule has 0 aliphatic rings. The van der Waals surface area contributed by atoms with Crippen molar-refractivity contribution in [3.8, 4) is 33.9 Å². The Kier molecular flexibility index (Phi) is 11.4. The van der Waals surface area contributed by atoms with Crippen LogP contribution in [0.25, 0.3) is 22.4 Å². The maximum atomic E-state index is 12.5. The fraction of sp³-hybridized carbons (Fsp3) is 0.237. The van der Waals surface area contributed by atoms with Gasteiger partial charge >= 0.3 is 5.97 Å². The van der Waals surface area contributed by atoms with Gasteiger partial charge in [0.05, 0.1) is 29.1 Å². The van der Waals surface area contributed by atoms with Gasteiger partial charge in [-0.05, 0) is 78.6 Å². The minimum atomic E-state index is -0.553. The largest absolute Gasteiger partial charge is 0.465 e. The van der Waals surface area contributed by atoms with Gasteiger partial charge in [-0.1, -0.05) is 79.4 Å². The van der Waals surface area contributed by atoms with Crippen LogP contribution in [0.3, 0.4) is 0 Å². The molecule has 47 heavy (non-hydrogen) atoms. The van der Waals surface area contributed by atoms with E-state index in [2.05, 4.69) is 48.0 Å². The molecule has 7 nitrogen and oxygen atoms in total. The van der Waals surface area contributed by atoms with Gasteiger partial charge in [-0.3, -0.25) is 4.79 Å². The van der Waals surface area contributed by atoms with Gasteiger partial charge in [0.2, 0.25) is 5.91 Å². The van der Waals surface area contributed by atoms with Crippen molar-refractivity contribution in [2.45, 2.75) is 52.5 Å². The lowest BCUT2D eigenvalue weighted by Gasteiger charge is -2.13. The molecular formula is C38H37Cl2N3O4. The highest BCUT2D eigenvalue weighted by atomic mass is 35.5. The van der Waals surface area contributed by atoms with E-state index in [1.54, 1.807) is 24.3 Å². The second-order valence-electron chi connectivity index (χ2n) is 11.2. The van der Waals surface area contributed by atoms with Crippen molar-refractivity contribution in [3.05, 3.63) is 118 Å². The number of aromatic nitrogens is 2. The fourth-order valence-electron chi connectivity index (χ4n) is 5.27. The predicted octanol–water partition coefficient (Wildman–Crippen LogP) is 10.2. The number of unbranched alkanes of at least 4 members (excludes halogenated alkanes) is 2.